The molecule has 0 N–H and O–H groups in total. The van der Waals surface area contributed by atoms with E-state index in [0.717, 1.165) is 11.1 Å². The molecule has 4 nitrogen and oxygen atoms in total. The highest BCUT2D eigenvalue weighted by Gasteiger charge is 2.23. The van der Waals surface area contributed by atoms with E-state index in [9.17, 15) is 9.18 Å². The topological polar surface area (TPSA) is 42.4 Å². The fourth-order valence-corrected chi connectivity index (χ4v) is 3.10. The number of anilines is 1. The van der Waals surface area contributed by atoms with E-state index in [1.165, 1.54) is 23.1 Å². The number of carbonyl (C=O) groups excluding carboxylic acids is 1. The lowest BCUT2D eigenvalue weighted by Crippen LogP contribution is -2.31. The Labute approximate surface area is 162 Å². The van der Waals surface area contributed by atoms with Crippen molar-refractivity contribution in [2.75, 3.05) is 12.0 Å². The highest BCUT2D eigenvalue weighted by Crippen LogP contribution is 2.31. The van der Waals surface area contributed by atoms with Crippen molar-refractivity contribution in [3.05, 3.63) is 88.5 Å². The Morgan fingerprint density at radius 1 is 1.22 bits per heavy atom. The van der Waals surface area contributed by atoms with Crippen LogP contribution in [0, 0.1) is 12.7 Å². The third-order valence-corrected chi connectivity index (χ3v) is 4.52. The average molecular weight is 385 g/mol. The van der Waals surface area contributed by atoms with Crippen molar-refractivity contribution in [1.82, 2.24) is 4.98 Å². The number of para-hydroxylation sites is 1. The number of benzene rings is 2. The fraction of sp³-hybridized carbons (Fsp3) is 0.143. The molecule has 1 aromatic heterocycles. The van der Waals surface area contributed by atoms with E-state index in [-0.39, 0.29) is 17.5 Å². The summed E-state index contributed by atoms with van der Waals surface area (Å²) in [4.78, 5) is 18.9. The van der Waals surface area contributed by atoms with E-state index in [2.05, 4.69) is 4.98 Å². The van der Waals surface area contributed by atoms with E-state index in [4.69, 9.17) is 16.3 Å². The number of nitrogens with zero attached hydrogens (tertiary/aromatic N) is 2. The van der Waals surface area contributed by atoms with Crippen LogP contribution in [0.2, 0.25) is 5.02 Å². The third kappa shape index (κ3) is 4.09. The van der Waals surface area contributed by atoms with E-state index >= 15 is 0 Å². The lowest BCUT2D eigenvalue weighted by atomic mass is 10.1. The molecule has 2 aromatic carbocycles. The second-order valence-corrected chi connectivity index (χ2v) is 6.40. The Balaban J connectivity index is 2.09. The van der Waals surface area contributed by atoms with Crippen LogP contribution in [-0.4, -0.2) is 18.0 Å². The molecule has 1 heterocycles. The number of pyridine rings is 1. The number of ether oxygens (including phenoxy) is 1. The van der Waals surface area contributed by atoms with Gasteiger partial charge in [0.1, 0.15) is 11.6 Å². The standard InChI is InChI=1S/C21H18ClFN2O2/c1-14-12-24-10-9-17(14)21(26)25(19-8-7-16(23)11-18(19)22)13-15-5-3-4-6-20(15)27-2/h3-12H,13H2,1-2H3. The molecule has 0 saturated carbocycles. The summed E-state index contributed by atoms with van der Waals surface area (Å²) < 4.78 is 18.9. The first-order valence-electron chi connectivity index (χ1n) is 8.30. The number of methoxy groups -OCH3 is 1. The number of hydrogen-bond acceptors (Lipinski definition) is 3. The number of rotatable bonds is 5. The van der Waals surface area contributed by atoms with Crippen molar-refractivity contribution >= 4 is 23.2 Å². The molecular weight excluding hydrogens is 367 g/mol. The van der Waals surface area contributed by atoms with Gasteiger partial charge in [-0.15, -0.1) is 0 Å². The van der Waals surface area contributed by atoms with E-state index in [0.29, 0.717) is 17.0 Å². The van der Waals surface area contributed by atoms with Crippen LogP contribution >= 0.6 is 11.6 Å². The minimum atomic E-state index is -0.464. The largest absolute Gasteiger partial charge is 0.496 e. The Morgan fingerprint density at radius 3 is 2.70 bits per heavy atom. The van der Waals surface area contributed by atoms with Gasteiger partial charge in [0.15, 0.2) is 0 Å². The number of aromatic nitrogens is 1. The molecule has 0 fully saturated rings. The molecule has 0 spiro atoms. The second-order valence-electron chi connectivity index (χ2n) is 5.99. The molecule has 3 rings (SSSR count). The Bertz CT molecular complexity index is 978. The van der Waals surface area contributed by atoms with Gasteiger partial charge in [-0.1, -0.05) is 29.8 Å². The first-order chi connectivity index (χ1) is 13.0. The molecule has 0 aliphatic rings. The van der Waals surface area contributed by atoms with E-state index in [1.54, 1.807) is 25.6 Å². The molecule has 0 aliphatic heterocycles. The third-order valence-electron chi connectivity index (χ3n) is 4.22. The summed E-state index contributed by atoms with van der Waals surface area (Å²) in [6, 6.07) is 13.0. The van der Waals surface area contributed by atoms with Gasteiger partial charge in [0.2, 0.25) is 0 Å². The lowest BCUT2D eigenvalue weighted by molar-refractivity contribution is 0.0984. The highest BCUT2D eigenvalue weighted by atomic mass is 35.5. The number of halogens is 2. The molecule has 0 atom stereocenters. The van der Waals surface area contributed by atoms with Gasteiger partial charge in [0.25, 0.3) is 5.91 Å². The van der Waals surface area contributed by atoms with E-state index in [1.807, 2.05) is 31.2 Å². The van der Waals surface area contributed by atoms with Crippen LogP contribution in [0.4, 0.5) is 10.1 Å². The van der Waals surface area contributed by atoms with Gasteiger partial charge in [-0.3, -0.25) is 9.78 Å². The van der Waals surface area contributed by atoms with E-state index < -0.39 is 5.82 Å². The van der Waals surface area contributed by atoms with Gasteiger partial charge in [-0.2, -0.15) is 0 Å². The minimum Gasteiger partial charge on any atom is -0.496 e. The van der Waals surface area contributed by atoms with Gasteiger partial charge >= 0.3 is 0 Å². The van der Waals surface area contributed by atoms with Crippen LogP contribution in [0.1, 0.15) is 21.5 Å². The number of aryl methyl sites for hydroxylation is 1. The molecule has 27 heavy (non-hydrogen) atoms. The summed E-state index contributed by atoms with van der Waals surface area (Å²) in [6.07, 6.45) is 3.19. The van der Waals surface area contributed by atoms with Gasteiger partial charge in [0.05, 0.1) is 24.4 Å². The minimum absolute atomic E-state index is 0.157. The van der Waals surface area contributed by atoms with Crippen LogP contribution in [-0.2, 0) is 6.54 Å². The average Bonchev–Trinajstić information content (AvgIpc) is 2.67. The lowest BCUT2D eigenvalue weighted by Gasteiger charge is -2.25. The first-order valence-corrected chi connectivity index (χ1v) is 8.68. The molecule has 1 amide bonds. The van der Waals surface area contributed by atoms with Crippen LogP contribution < -0.4 is 9.64 Å². The van der Waals surface area contributed by atoms with Gasteiger partial charge in [0, 0.05) is 23.5 Å². The van der Waals surface area contributed by atoms with Crippen molar-refractivity contribution in [3.8, 4) is 5.75 Å². The van der Waals surface area contributed by atoms with Crippen LogP contribution in [0.25, 0.3) is 0 Å². The van der Waals surface area contributed by atoms with Crippen molar-refractivity contribution in [1.29, 1.82) is 0 Å². The van der Waals surface area contributed by atoms with Crippen molar-refractivity contribution < 1.29 is 13.9 Å². The number of hydrogen-bond donors (Lipinski definition) is 0. The fourth-order valence-electron chi connectivity index (χ4n) is 2.83. The maximum absolute atomic E-state index is 13.5. The summed E-state index contributed by atoms with van der Waals surface area (Å²) in [5.41, 5.74) is 2.47. The SMILES string of the molecule is COc1ccccc1CN(C(=O)c1ccncc1C)c1ccc(F)cc1Cl. The number of carbonyl (C=O) groups is 1. The Hall–Kier alpha value is -2.92. The van der Waals surface area contributed by atoms with Gasteiger partial charge < -0.3 is 9.64 Å². The predicted octanol–water partition coefficient (Wildman–Crippen LogP) is 5.04. The second kappa shape index (κ2) is 8.18. The molecule has 138 valence electrons. The summed E-state index contributed by atoms with van der Waals surface area (Å²) in [5, 5.41) is 0.157. The maximum Gasteiger partial charge on any atom is 0.259 e. The quantitative estimate of drug-likeness (QED) is 0.619. The molecule has 3 aromatic rings. The Kier molecular flexibility index (Phi) is 5.72. The molecule has 0 aliphatic carbocycles. The molecule has 6 heteroatoms. The van der Waals surface area contributed by atoms with Gasteiger partial charge in [-0.25, -0.2) is 4.39 Å². The predicted molar refractivity (Wildman–Crippen MR) is 104 cm³/mol. The normalized spacial score (nSPS) is 10.5. The molecule has 0 saturated heterocycles. The summed E-state index contributed by atoms with van der Waals surface area (Å²) >= 11 is 6.26. The number of amides is 1. The van der Waals surface area contributed by atoms with Crippen molar-refractivity contribution in [3.63, 3.8) is 0 Å². The summed E-state index contributed by atoms with van der Waals surface area (Å²) in [6.45, 7) is 2.03. The van der Waals surface area contributed by atoms with Crippen LogP contribution in [0.15, 0.2) is 60.9 Å². The zero-order valence-electron chi connectivity index (χ0n) is 14.9. The zero-order valence-corrected chi connectivity index (χ0v) is 15.7. The molecular formula is C21H18ClFN2O2. The highest BCUT2D eigenvalue weighted by molar-refractivity contribution is 6.34. The van der Waals surface area contributed by atoms with Crippen LogP contribution in [0.3, 0.4) is 0 Å². The zero-order chi connectivity index (χ0) is 19.4. The summed E-state index contributed by atoms with van der Waals surface area (Å²) in [5.74, 6) is -0.0668. The monoisotopic (exact) mass is 384 g/mol. The molecule has 0 unspecified atom stereocenters. The van der Waals surface area contributed by atoms with Gasteiger partial charge in [-0.05, 0) is 42.8 Å². The van der Waals surface area contributed by atoms with Crippen molar-refractivity contribution in [2.24, 2.45) is 0 Å². The van der Waals surface area contributed by atoms with Crippen LogP contribution in [0.5, 0.6) is 5.75 Å². The molecule has 0 bridgehead atoms. The summed E-state index contributed by atoms with van der Waals surface area (Å²) in [7, 11) is 1.57. The smallest absolute Gasteiger partial charge is 0.259 e. The van der Waals surface area contributed by atoms with Crippen molar-refractivity contribution in [2.45, 2.75) is 13.5 Å². The maximum atomic E-state index is 13.5. The first kappa shape index (κ1) is 18.9. The molecule has 0 radical (unpaired) electrons. The Morgan fingerprint density at radius 2 is 2.00 bits per heavy atom.